The number of aliphatic hydroxyl groups is 1. The highest BCUT2D eigenvalue weighted by Crippen LogP contribution is 2.32. The maximum Gasteiger partial charge on any atom is 0.343 e. The summed E-state index contributed by atoms with van der Waals surface area (Å²) in [6, 6.07) is 42.8. The Morgan fingerprint density at radius 1 is 0.551 bits per heavy atom. The van der Waals surface area contributed by atoms with Crippen LogP contribution in [0.15, 0.2) is 146 Å². The Bertz CT molecular complexity index is 1750. The summed E-state index contributed by atoms with van der Waals surface area (Å²) in [6.45, 7) is -0.0503. The molecular weight excluding hydrogens is 624 g/mol. The average Bonchev–Trinajstić information content (AvgIpc) is 3.16. The third-order valence-electron chi connectivity index (χ3n) is 7.89. The van der Waals surface area contributed by atoms with E-state index in [1.807, 2.05) is 66.7 Å². The average molecular weight is 661 g/mol. The number of hydrogen-bond donors (Lipinski definition) is 1. The standard InChI is InChI=1S/C40H36O9/c41-25-34-35(44-26-28-13-5-1-6-14-28)36(45-27-29-15-7-2-8-16-29)37(49-39(43)31-19-11-4-12-20-31)40(48-34)47-33-23-21-32(22-24-33)46-38(42)30-17-9-3-10-18-30/h1-24,34-37,40-41H,25-27H2/t34-,35+,36+,37-,40?/m1/s1. The zero-order valence-electron chi connectivity index (χ0n) is 26.6. The summed E-state index contributed by atoms with van der Waals surface area (Å²) in [7, 11) is 0. The molecule has 0 spiro atoms. The van der Waals surface area contributed by atoms with Crippen LogP contribution in [-0.2, 0) is 32.2 Å². The lowest BCUT2D eigenvalue weighted by Gasteiger charge is -2.45. The van der Waals surface area contributed by atoms with Crippen LogP contribution in [0.25, 0.3) is 0 Å². The molecule has 1 fully saturated rings. The van der Waals surface area contributed by atoms with Gasteiger partial charge in [-0.25, -0.2) is 9.59 Å². The van der Waals surface area contributed by atoms with Gasteiger partial charge in [-0.2, -0.15) is 0 Å². The zero-order valence-corrected chi connectivity index (χ0v) is 26.6. The van der Waals surface area contributed by atoms with Crippen LogP contribution in [0.1, 0.15) is 31.8 Å². The number of hydrogen-bond acceptors (Lipinski definition) is 9. The SMILES string of the molecule is O=C(Oc1ccc(OC2O[C@H](CO)[C@H](OCc3ccccc3)[C@H](OCc3ccccc3)[C@H]2OC(=O)c2ccccc2)cc1)c1ccccc1. The third kappa shape index (κ3) is 8.98. The number of aliphatic hydroxyl groups excluding tert-OH is 1. The van der Waals surface area contributed by atoms with E-state index in [4.69, 9.17) is 28.4 Å². The second kappa shape index (κ2) is 16.7. The van der Waals surface area contributed by atoms with Crippen molar-refractivity contribution in [1.29, 1.82) is 0 Å². The van der Waals surface area contributed by atoms with Crippen molar-refractivity contribution in [1.82, 2.24) is 0 Å². The first-order chi connectivity index (χ1) is 24.1. The van der Waals surface area contributed by atoms with E-state index in [1.54, 1.807) is 78.9 Å². The Morgan fingerprint density at radius 2 is 1.02 bits per heavy atom. The number of carbonyl (C=O) groups is 2. The Balaban J connectivity index is 1.28. The predicted molar refractivity (Wildman–Crippen MR) is 180 cm³/mol. The lowest BCUT2D eigenvalue weighted by molar-refractivity contribution is -0.296. The summed E-state index contributed by atoms with van der Waals surface area (Å²) in [5.41, 5.74) is 2.55. The first-order valence-electron chi connectivity index (χ1n) is 15.9. The Labute approximate surface area is 284 Å². The van der Waals surface area contributed by atoms with E-state index >= 15 is 0 Å². The first-order valence-corrected chi connectivity index (χ1v) is 15.9. The van der Waals surface area contributed by atoms with Crippen molar-refractivity contribution in [2.75, 3.05) is 6.61 Å². The quantitative estimate of drug-likeness (QED) is 0.113. The van der Waals surface area contributed by atoms with Gasteiger partial charge < -0.3 is 33.5 Å². The molecule has 0 aliphatic carbocycles. The van der Waals surface area contributed by atoms with Gasteiger partial charge in [-0.1, -0.05) is 97.1 Å². The Kier molecular flexibility index (Phi) is 11.4. The third-order valence-corrected chi connectivity index (χ3v) is 7.89. The summed E-state index contributed by atoms with van der Waals surface area (Å²) in [5.74, 6) is -0.455. The van der Waals surface area contributed by atoms with E-state index in [-0.39, 0.29) is 13.2 Å². The van der Waals surface area contributed by atoms with Gasteiger partial charge in [0.15, 0.2) is 6.10 Å². The van der Waals surface area contributed by atoms with Crippen LogP contribution in [0.4, 0.5) is 0 Å². The molecule has 5 aromatic rings. The molecule has 5 atom stereocenters. The monoisotopic (exact) mass is 660 g/mol. The fraction of sp³-hybridized carbons (Fsp3) is 0.200. The van der Waals surface area contributed by atoms with Gasteiger partial charge in [-0.3, -0.25) is 0 Å². The number of rotatable bonds is 13. The van der Waals surface area contributed by atoms with Crippen molar-refractivity contribution < 1.29 is 43.1 Å². The molecule has 0 aromatic heterocycles. The molecular formula is C40H36O9. The maximum atomic E-state index is 13.5. The van der Waals surface area contributed by atoms with Gasteiger partial charge in [-0.15, -0.1) is 0 Å². The lowest BCUT2D eigenvalue weighted by Crippen LogP contribution is -2.62. The molecule has 0 radical (unpaired) electrons. The van der Waals surface area contributed by atoms with Gasteiger partial charge in [0.05, 0.1) is 30.9 Å². The number of benzene rings is 5. The summed E-state index contributed by atoms with van der Waals surface area (Å²) in [5, 5.41) is 10.5. The summed E-state index contributed by atoms with van der Waals surface area (Å²) < 4.78 is 37.1. The van der Waals surface area contributed by atoms with Gasteiger partial charge in [0.2, 0.25) is 6.29 Å². The van der Waals surface area contributed by atoms with Crippen molar-refractivity contribution >= 4 is 11.9 Å². The molecule has 250 valence electrons. The molecule has 0 amide bonds. The van der Waals surface area contributed by atoms with Gasteiger partial charge >= 0.3 is 11.9 Å². The van der Waals surface area contributed by atoms with Gasteiger partial charge in [-0.05, 0) is 59.7 Å². The van der Waals surface area contributed by atoms with E-state index in [1.165, 1.54) is 0 Å². The zero-order chi connectivity index (χ0) is 33.8. The fourth-order valence-corrected chi connectivity index (χ4v) is 5.40. The highest BCUT2D eigenvalue weighted by molar-refractivity contribution is 5.91. The van der Waals surface area contributed by atoms with Crippen LogP contribution in [-0.4, -0.2) is 54.4 Å². The number of carbonyl (C=O) groups excluding carboxylic acids is 2. The molecule has 1 aliphatic heterocycles. The number of esters is 2. The smallest absolute Gasteiger partial charge is 0.343 e. The molecule has 5 aromatic carbocycles. The van der Waals surface area contributed by atoms with E-state index < -0.39 is 49.3 Å². The first kappa shape index (κ1) is 33.6. The van der Waals surface area contributed by atoms with Crippen LogP contribution in [0.5, 0.6) is 11.5 Å². The lowest BCUT2D eigenvalue weighted by atomic mass is 9.97. The van der Waals surface area contributed by atoms with Crippen LogP contribution >= 0.6 is 0 Å². The molecule has 9 nitrogen and oxygen atoms in total. The predicted octanol–water partition coefficient (Wildman–Crippen LogP) is 6.40. The second-order valence-electron chi connectivity index (χ2n) is 11.3. The van der Waals surface area contributed by atoms with Crippen LogP contribution in [0.2, 0.25) is 0 Å². The molecule has 1 aliphatic rings. The fourth-order valence-electron chi connectivity index (χ4n) is 5.40. The summed E-state index contributed by atoms with van der Waals surface area (Å²) in [6.07, 6.45) is -5.00. The summed E-state index contributed by atoms with van der Waals surface area (Å²) >= 11 is 0. The van der Waals surface area contributed by atoms with Crippen molar-refractivity contribution in [3.05, 3.63) is 168 Å². The topological polar surface area (TPSA) is 110 Å². The van der Waals surface area contributed by atoms with E-state index in [9.17, 15) is 14.7 Å². The number of ether oxygens (including phenoxy) is 6. The molecule has 6 rings (SSSR count). The van der Waals surface area contributed by atoms with E-state index in [0.717, 1.165) is 11.1 Å². The highest BCUT2D eigenvalue weighted by atomic mass is 16.7. The minimum Gasteiger partial charge on any atom is -0.461 e. The Hall–Kier alpha value is -5.32. The largest absolute Gasteiger partial charge is 0.461 e. The highest BCUT2D eigenvalue weighted by Gasteiger charge is 2.51. The Morgan fingerprint density at radius 3 is 1.55 bits per heavy atom. The molecule has 1 unspecified atom stereocenters. The minimum atomic E-state index is -1.21. The molecule has 1 saturated heterocycles. The normalized spacial score (nSPS) is 20.2. The summed E-state index contributed by atoms with van der Waals surface area (Å²) in [4.78, 5) is 26.1. The van der Waals surface area contributed by atoms with Gasteiger partial charge in [0, 0.05) is 0 Å². The molecule has 9 heteroatoms. The van der Waals surface area contributed by atoms with Crippen LogP contribution in [0.3, 0.4) is 0 Å². The van der Waals surface area contributed by atoms with E-state index in [2.05, 4.69) is 0 Å². The second-order valence-corrected chi connectivity index (χ2v) is 11.3. The van der Waals surface area contributed by atoms with Crippen LogP contribution < -0.4 is 9.47 Å². The minimum absolute atomic E-state index is 0.169. The van der Waals surface area contributed by atoms with Crippen molar-refractivity contribution in [3.63, 3.8) is 0 Å². The molecule has 0 bridgehead atoms. The van der Waals surface area contributed by atoms with Crippen molar-refractivity contribution in [3.8, 4) is 11.5 Å². The van der Waals surface area contributed by atoms with Gasteiger partial charge in [0.25, 0.3) is 0 Å². The maximum absolute atomic E-state index is 13.5. The van der Waals surface area contributed by atoms with Gasteiger partial charge in [0.1, 0.15) is 29.8 Å². The molecule has 0 saturated carbocycles. The van der Waals surface area contributed by atoms with Crippen molar-refractivity contribution in [2.45, 2.75) is 43.9 Å². The molecule has 1 heterocycles. The van der Waals surface area contributed by atoms with Crippen molar-refractivity contribution in [2.24, 2.45) is 0 Å². The van der Waals surface area contributed by atoms with Crippen LogP contribution in [0, 0.1) is 0 Å². The molecule has 49 heavy (non-hydrogen) atoms. The van der Waals surface area contributed by atoms with E-state index in [0.29, 0.717) is 22.6 Å². The molecule has 1 N–H and O–H groups in total.